The maximum absolute atomic E-state index is 11.8. The van der Waals surface area contributed by atoms with Crippen molar-refractivity contribution in [2.24, 2.45) is 10.7 Å². The summed E-state index contributed by atoms with van der Waals surface area (Å²) in [5.74, 6) is 2.96. The number of aliphatic imine (C=N–C) groups is 1. The first-order valence-corrected chi connectivity index (χ1v) is 9.31. The van der Waals surface area contributed by atoms with Gasteiger partial charge in [0, 0.05) is 24.6 Å². The molecule has 0 radical (unpaired) electrons. The van der Waals surface area contributed by atoms with Crippen molar-refractivity contribution in [3.63, 3.8) is 0 Å². The van der Waals surface area contributed by atoms with Gasteiger partial charge in [0.2, 0.25) is 0 Å². The van der Waals surface area contributed by atoms with Crippen molar-refractivity contribution < 1.29 is 8.42 Å². The van der Waals surface area contributed by atoms with Crippen LogP contribution in [0.3, 0.4) is 0 Å². The van der Waals surface area contributed by atoms with Crippen molar-refractivity contribution in [1.82, 2.24) is 4.90 Å². The first-order valence-electron chi connectivity index (χ1n) is 6.44. The molecule has 2 rings (SSSR count). The van der Waals surface area contributed by atoms with Crippen LogP contribution in [0.15, 0.2) is 4.99 Å². The smallest absolute Gasteiger partial charge is 0.191 e. The Kier molecular flexibility index (Phi) is 7.23. The van der Waals surface area contributed by atoms with Gasteiger partial charge in [0.15, 0.2) is 15.8 Å². The molecule has 2 aliphatic heterocycles. The lowest BCUT2D eigenvalue weighted by atomic mass is 10.2. The summed E-state index contributed by atoms with van der Waals surface area (Å²) in [5.41, 5.74) is 5.93. The van der Waals surface area contributed by atoms with Crippen molar-refractivity contribution >= 4 is 51.5 Å². The Morgan fingerprint density at radius 2 is 2.00 bits per heavy atom. The number of halogens is 1. The van der Waals surface area contributed by atoms with Gasteiger partial charge < -0.3 is 10.6 Å². The quantitative estimate of drug-likeness (QED) is 0.410. The predicted molar refractivity (Wildman–Crippen MR) is 92.2 cm³/mol. The molecule has 2 N–H and O–H groups in total. The topological polar surface area (TPSA) is 75.8 Å². The van der Waals surface area contributed by atoms with Gasteiger partial charge in [0.05, 0.1) is 17.5 Å². The number of thioether (sulfide) groups is 1. The van der Waals surface area contributed by atoms with E-state index in [4.69, 9.17) is 5.73 Å². The highest BCUT2D eigenvalue weighted by molar-refractivity contribution is 14.0. The van der Waals surface area contributed by atoms with Gasteiger partial charge in [-0.3, -0.25) is 4.99 Å². The highest BCUT2D eigenvalue weighted by atomic mass is 127. The minimum atomic E-state index is -2.94. The Balaban J connectivity index is 0.00000180. The Labute approximate surface area is 136 Å². The number of guanidine groups is 1. The van der Waals surface area contributed by atoms with Crippen LogP contribution in [0, 0.1) is 0 Å². The average Bonchev–Trinajstić information content (AvgIpc) is 2.38. The van der Waals surface area contributed by atoms with Crippen LogP contribution >= 0.6 is 35.7 Å². The fourth-order valence-corrected chi connectivity index (χ4v) is 4.98. The van der Waals surface area contributed by atoms with Crippen molar-refractivity contribution in [2.75, 3.05) is 36.9 Å². The molecule has 0 bridgehead atoms. The van der Waals surface area contributed by atoms with Gasteiger partial charge >= 0.3 is 0 Å². The van der Waals surface area contributed by atoms with E-state index in [1.807, 2.05) is 16.7 Å². The highest BCUT2D eigenvalue weighted by Crippen LogP contribution is 2.19. The Bertz CT molecular complexity index is 408. The molecule has 2 heterocycles. The van der Waals surface area contributed by atoms with Crippen LogP contribution in [0.1, 0.15) is 19.3 Å². The minimum Gasteiger partial charge on any atom is -0.370 e. The summed E-state index contributed by atoms with van der Waals surface area (Å²) in [6, 6.07) is 0. The zero-order valence-electron chi connectivity index (χ0n) is 11.0. The molecule has 1 unspecified atom stereocenters. The van der Waals surface area contributed by atoms with E-state index in [0.29, 0.717) is 18.3 Å². The second-order valence-electron chi connectivity index (χ2n) is 4.78. The largest absolute Gasteiger partial charge is 0.370 e. The third-order valence-corrected chi connectivity index (χ3v) is 6.71. The van der Waals surface area contributed by atoms with Gasteiger partial charge in [-0.15, -0.1) is 24.0 Å². The molecule has 19 heavy (non-hydrogen) atoms. The van der Waals surface area contributed by atoms with E-state index in [1.54, 1.807) is 0 Å². The third-order valence-electron chi connectivity index (χ3n) is 3.50. The number of nitrogens with two attached hydrogens (primary N) is 1. The zero-order valence-corrected chi connectivity index (χ0v) is 14.9. The molecule has 0 saturated carbocycles. The molecule has 0 aliphatic carbocycles. The molecule has 0 aromatic carbocycles. The molecule has 5 nitrogen and oxygen atoms in total. The molecule has 0 aromatic heterocycles. The lowest BCUT2D eigenvalue weighted by Crippen LogP contribution is -2.43. The molecule has 112 valence electrons. The van der Waals surface area contributed by atoms with Crippen molar-refractivity contribution in [3.8, 4) is 0 Å². The average molecular weight is 419 g/mol. The maximum atomic E-state index is 11.8. The molecule has 2 fully saturated rings. The summed E-state index contributed by atoms with van der Waals surface area (Å²) in [7, 11) is -2.94. The third kappa shape index (κ3) is 4.96. The van der Waals surface area contributed by atoms with E-state index >= 15 is 0 Å². The van der Waals surface area contributed by atoms with Crippen molar-refractivity contribution in [3.05, 3.63) is 0 Å². The predicted octanol–water partition coefficient (Wildman–Crippen LogP) is 0.935. The highest BCUT2D eigenvalue weighted by Gasteiger charge is 2.28. The van der Waals surface area contributed by atoms with Crippen LogP contribution in [-0.2, 0) is 9.84 Å². The van der Waals surface area contributed by atoms with Gasteiger partial charge in [-0.1, -0.05) is 6.42 Å². The van der Waals surface area contributed by atoms with Gasteiger partial charge in [-0.05, 0) is 12.8 Å². The minimum absolute atomic E-state index is 0. The van der Waals surface area contributed by atoms with E-state index in [-0.39, 0.29) is 29.2 Å². The van der Waals surface area contributed by atoms with Crippen LogP contribution in [0.2, 0.25) is 0 Å². The van der Waals surface area contributed by atoms with Gasteiger partial charge in [0.1, 0.15) is 0 Å². The first-order chi connectivity index (χ1) is 8.59. The van der Waals surface area contributed by atoms with E-state index < -0.39 is 9.84 Å². The molecule has 2 aliphatic rings. The molecule has 8 heteroatoms. The van der Waals surface area contributed by atoms with Crippen molar-refractivity contribution in [1.29, 1.82) is 0 Å². The van der Waals surface area contributed by atoms with Crippen LogP contribution in [-0.4, -0.2) is 61.4 Å². The lowest BCUT2D eigenvalue weighted by molar-refractivity contribution is 0.454. The Morgan fingerprint density at radius 1 is 1.32 bits per heavy atom. The SMILES string of the molecule is I.NC(=NCC1CCCCS1(=O)=O)N1CCSCC1. The lowest BCUT2D eigenvalue weighted by Gasteiger charge is -2.28. The summed E-state index contributed by atoms with van der Waals surface area (Å²) in [4.78, 5) is 6.35. The number of hydrogen-bond donors (Lipinski definition) is 1. The standard InChI is InChI=1S/C11H21N3O2S2.HI/c12-11(14-4-6-17-7-5-14)13-9-10-3-1-2-8-18(10,15)16;/h10H,1-9H2,(H2,12,13);1H. The zero-order chi connectivity index (χ0) is 13.0. The summed E-state index contributed by atoms with van der Waals surface area (Å²) >= 11 is 1.91. The maximum Gasteiger partial charge on any atom is 0.191 e. The van der Waals surface area contributed by atoms with E-state index in [1.165, 1.54) is 0 Å². The Hall–Kier alpha value is 0.300. The number of sulfone groups is 1. The molecule has 0 aromatic rings. The fraction of sp³-hybridized carbons (Fsp3) is 0.909. The van der Waals surface area contributed by atoms with Crippen LogP contribution < -0.4 is 5.73 Å². The van der Waals surface area contributed by atoms with E-state index in [9.17, 15) is 8.42 Å². The van der Waals surface area contributed by atoms with E-state index in [0.717, 1.165) is 43.9 Å². The first kappa shape index (κ1) is 17.4. The summed E-state index contributed by atoms with van der Waals surface area (Å²) in [5, 5.41) is -0.316. The van der Waals surface area contributed by atoms with Crippen molar-refractivity contribution in [2.45, 2.75) is 24.5 Å². The molecule has 0 amide bonds. The number of nitrogens with zero attached hydrogens (tertiary/aromatic N) is 2. The van der Waals surface area contributed by atoms with Gasteiger partial charge in [-0.2, -0.15) is 11.8 Å². The molecular formula is C11H22IN3O2S2. The van der Waals surface area contributed by atoms with Crippen LogP contribution in [0.4, 0.5) is 0 Å². The summed E-state index contributed by atoms with van der Waals surface area (Å²) < 4.78 is 23.7. The van der Waals surface area contributed by atoms with E-state index in [2.05, 4.69) is 4.99 Å². The van der Waals surface area contributed by atoms with Gasteiger partial charge in [0.25, 0.3) is 0 Å². The monoisotopic (exact) mass is 419 g/mol. The summed E-state index contributed by atoms with van der Waals surface area (Å²) in [6.07, 6.45) is 2.51. The molecule has 2 saturated heterocycles. The normalized spacial score (nSPS) is 27.7. The van der Waals surface area contributed by atoms with Crippen LogP contribution in [0.25, 0.3) is 0 Å². The summed E-state index contributed by atoms with van der Waals surface area (Å²) in [6.45, 7) is 2.16. The second kappa shape index (κ2) is 7.92. The molecular weight excluding hydrogens is 397 g/mol. The van der Waals surface area contributed by atoms with Crippen LogP contribution in [0.5, 0.6) is 0 Å². The fourth-order valence-electron chi connectivity index (χ4n) is 2.31. The number of hydrogen-bond acceptors (Lipinski definition) is 4. The second-order valence-corrected chi connectivity index (χ2v) is 8.41. The number of rotatable bonds is 2. The Morgan fingerprint density at radius 3 is 2.63 bits per heavy atom. The molecule has 1 atom stereocenters. The molecule has 0 spiro atoms. The van der Waals surface area contributed by atoms with Gasteiger partial charge in [-0.25, -0.2) is 8.42 Å².